The third-order valence-electron chi connectivity index (χ3n) is 4.55. The van der Waals surface area contributed by atoms with Crippen molar-refractivity contribution in [3.8, 4) is 9.88 Å². The number of rotatable bonds is 3. The number of hydrogen-bond donors (Lipinski definition) is 0. The minimum absolute atomic E-state index is 0.0686. The molecule has 0 atom stereocenters. The Kier molecular flexibility index (Phi) is 5.26. The van der Waals surface area contributed by atoms with Gasteiger partial charge in [0.05, 0.1) is 10.6 Å². The van der Waals surface area contributed by atoms with E-state index >= 15 is 0 Å². The zero-order valence-electron chi connectivity index (χ0n) is 15.3. The molecule has 0 saturated carbocycles. The predicted octanol–water partition coefficient (Wildman–Crippen LogP) is 3.95. The average Bonchev–Trinajstić information content (AvgIpc) is 3.37. The third-order valence-corrected chi connectivity index (χ3v) is 6.74. The molecule has 1 amide bonds. The first-order chi connectivity index (χ1) is 13.8. The molecule has 0 aliphatic carbocycles. The highest BCUT2D eigenvalue weighted by Gasteiger charge is 2.33. The van der Waals surface area contributed by atoms with Gasteiger partial charge in [-0.05, 0) is 30.5 Å². The number of carbonyl (C=O) groups is 1. The fourth-order valence-corrected chi connectivity index (χ4v) is 4.86. The van der Waals surface area contributed by atoms with E-state index in [0.717, 1.165) is 16.0 Å². The quantitative estimate of drug-likeness (QED) is 0.619. The first kappa shape index (κ1) is 19.8. The second-order valence-electron chi connectivity index (χ2n) is 6.46. The van der Waals surface area contributed by atoms with Crippen LogP contribution in [0.4, 0.5) is 19.0 Å². The smallest absolute Gasteiger partial charge is 0.352 e. The standard InChI is InChI=1S/C18H16F3N5OS2/c1-11-15(29-16(22-11)12-3-2-10-28-12)17(27)26-8-6-25(7-9-26)14-5-4-13(23-24-14)18(19,20)21/h2-5,10H,6-9H2,1H3. The van der Waals surface area contributed by atoms with Crippen molar-refractivity contribution in [3.63, 3.8) is 0 Å². The van der Waals surface area contributed by atoms with Crippen LogP contribution in [0, 0.1) is 6.92 Å². The summed E-state index contributed by atoms with van der Waals surface area (Å²) in [6.45, 7) is 3.68. The highest BCUT2D eigenvalue weighted by atomic mass is 32.1. The lowest BCUT2D eigenvalue weighted by Crippen LogP contribution is -2.49. The Morgan fingerprint density at radius 1 is 1.10 bits per heavy atom. The van der Waals surface area contributed by atoms with E-state index in [9.17, 15) is 18.0 Å². The van der Waals surface area contributed by atoms with Gasteiger partial charge in [-0.1, -0.05) is 6.07 Å². The number of nitrogens with zero attached hydrogens (tertiary/aromatic N) is 5. The molecule has 1 aliphatic heterocycles. The number of aromatic nitrogens is 3. The van der Waals surface area contributed by atoms with E-state index in [1.54, 1.807) is 16.2 Å². The van der Waals surface area contributed by atoms with Crippen LogP contribution in [0.5, 0.6) is 0 Å². The van der Waals surface area contributed by atoms with Gasteiger partial charge in [0.2, 0.25) is 0 Å². The second-order valence-corrected chi connectivity index (χ2v) is 8.41. The van der Waals surface area contributed by atoms with Gasteiger partial charge >= 0.3 is 6.18 Å². The molecule has 152 valence electrons. The maximum atomic E-state index is 12.9. The maximum Gasteiger partial charge on any atom is 0.435 e. The molecule has 0 N–H and O–H groups in total. The molecule has 0 bridgehead atoms. The number of piperazine rings is 1. The summed E-state index contributed by atoms with van der Waals surface area (Å²) in [4.78, 5) is 22.7. The second kappa shape index (κ2) is 7.71. The van der Waals surface area contributed by atoms with Crippen molar-refractivity contribution in [2.45, 2.75) is 13.1 Å². The summed E-state index contributed by atoms with van der Waals surface area (Å²) in [5.41, 5.74) is -0.309. The molecule has 0 spiro atoms. The average molecular weight is 439 g/mol. The van der Waals surface area contributed by atoms with E-state index < -0.39 is 11.9 Å². The van der Waals surface area contributed by atoms with Crippen LogP contribution in [0.1, 0.15) is 21.1 Å². The molecular weight excluding hydrogens is 423 g/mol. The Labute approximate surface area is 172 Å². The van der Waals surface area contributed by atoms with Gasteiger partial charge in [0.25, 0.3) is 5.91 Å². The molecule has 11 heteroatoms. The summed E-state index contributed by atoms with van der Waals surface area (Å²) in [6, 6.07) is 6.16. The number of amides is 1. The molecule has 0 unspecified atom stereocenters. The molecule has 4 heterocycles. The van der Waals surface area contributed by atoms with E-state index in [1.165, 1.54) is 17.4 Å². The highest BCUT2D eigenvalue weighted by Crippen LogP contribution is 2.32. The van der Waals surface area contributed by atoms with Crippen LogP contribution in [0.25, 0.3) is 9.88 Å². The summed E-state index contributed by atoms with van der Waals surface area (Å²) in [5.74, 6) is 0.306. The molecule has 3 aromatic heterocycles. The predicted molar refractivity (Wildman–Crippen MR) is 105 cm³/mol. The first-order valence-electron chi connectivity index (χ1n) is 8.79. The first-order valence-corrected chi connectivity index (χ1v) is 10.5. The van der Waals surface area contributed by atoms with E-state index in [1.807, 2.05) is 29.3 Å². The molecule has 3 aromatic rings. The van der Waals surface area contributed by atoms with Crippen LogP contribution >= 0.6 is 22.7 Å². The van der Waals surface area contributed by atoms with Crippen molar-refractivity contribution in [2.75, 3.05) is 31.1 Å². The van der Waals surface area contributed by atoms with Crippen molar-refractivity contribution in [1.29, 1.82) is 0 Å². The van der Waals surface area contributed by atoms with Crippen molar-refractivity contribution in [2.24, 2.45) is 0 Å². The van der Waals surface area contributed by atoms with Crippen LogP contribution < -0.4 is 4.90 Å². The normalized spacial score (nSPS) is 15.0. The maximum absolute atomic E-state index is 12.9. The van der Waals surface area contributed by atoms with Gasteiger partial charge < -0.3 is 9.80 Å². The topological polar surface area (TPSA) is 62.2 Å². The van der Waals surface area contributed by atoms with Crippen molar-refractivity contribution < 1.29 is 18.0 Å². The Bertz CT molecular complexity index is 994. The lowest BCUT2D eigenvalue weighted by Gasteiger charge is -2.35. The molecule has 1 aliphatic rings. The van der Waals surface area contributed by atoms with Gasteiger partial charge in [-0.3, -0.25) is 4.79 Å². The lowest BCUT2D eigenvalue weighted by molar-refractivity contribution is -0.141. The number of aryl methyl sites for hydroxylation is 1. The molecule has 0 radical (unpaired) electrons. The fraction of sp³-hybridized carbons (Fsp3) is 0.333. The molecule has 4 rings (SSSR count). The lowest BCUT2D eigenvalue weighted by atomic mass is 10.2. The van der Waals surface area contributed by atoms with Crippen molar-refractivity contribution >= 4 is 34.4 Å². The van der Waals surface area contributed by atoms with Crippen molar-refractivity contribution in [3.05, 3.63) is 45.9 Å². The molecular formula is C18H16F3N5OS2. The van der Waals surface area contributed by atoms with E-state index in [0.29, 0.717) is 42.6 Å². The van der Waals surface area contributed by atoms with E-state index in [-0.39, 0.29) is 5.91 Å². The van der Waals surface area contributed by atoms with Gasteiger partial charge in [0, 0.05) is 26.2 Å². The Balaban J connectivity index is 1.41. The minimum Gasteiger partial charge on any atom is -0.352 e. The number of alkyl halides is 3. The monoisotopic (exact) mass is 439 g/mol. The van der Waals surface area contributed by atoms with Crippen LogP contribution in [-0.4, -0.2) is 52.2 Å². The van der Waals surface area contributed by atoms with Crippen LogP contribution in [0.2, 0.25) is 0 Å². The SMILES string of the molecule is Cc1nc(-c2cccs2)sc1C(=O)N1CCN(c2ccc(C(F)(F)F)nn2)CC1. The van der Waals surface area contributed by atoms with E-state index in [2.05, 4.69) is 15.2 Å². The molecule has 1 fully saturated rings. The van der Waals surface area contributed by atoms with Crippen LogP contribution in [0.15, 0.2) is 29.6 Å². The Morgan fingerprint density at radius 3 is 2.45 bits per heavy atom. The number of thiophene rings is 1. The van der Waals surface area contributed by atoms with Crippen LogP contribution in [-0.2, 0) is 6.18 Å². The minimum atomic E-state index is -4.51. The molecule has 6 nitrogen and oxygen atoms in total. The largest absolute Gasteiger partial charge is 0.435 e. The fourth-order valence-electron chi connectivity index (χ4n) is 3.03. The zero-order chi connectivity index (χ0) is 20.6. The summed E-state index contributed by atoms with van der Waals surface area (Å²) >= 11 is 2.96. The highest BCUT2D eigenvalue weighted by molar-refractivity contribution is 7.22. The number of thiazole rings is 1. The van der Waals surface area contributed by atoms with E-state index in [4.69, 9.17) is 0 Å². The van der Waals surface area contributed by atoms with Crippen LogP contribution in [0.3, 0.4) is 0 Å². The number of halogens is 3. The number of anilines is 1. The number of hydrogen-bond acceptors (Lipinski definition) is 7. The molecule has 0 aromatic carbocycles. The van der Waals surface area contributed by atoms with Gasteiger partial charge in [-0.2, -0.15) is 13.2 Å². The summed E-state index contributed by atoms with van der Waals surface area (Å²) in [5, 5.41) is 9.75. The third kappa shape index (κ3) is 4.10. The zero-order valence-corrected chi connectivity index (χ0v) is 16.9. The van der Waals surface area contributed by atoms with Gasteiger partial charge in [-0.25, -0.2) is 4.98 Å². The molecule has 29 heavy (non-hydrogen) atoms. The van der Waals surface area contributed by atoms with Gasteiger partial charge in [0.1, 0.15) is 9.88 Å². The molecule has 1 saturated heterocycles. The Morgan fingerprint density at radius 2 is 1.86 bits per heavy atom. The summed E-state index contributed by atoms with van der Waals surface area (Å²) in [7, 11) is 0. The number of carbonyl (C=O) groups excluding carboxylic acids is 1. The van der Waals surface area contributed by atoms with Crippen molar-refractivity contribution in [1.82, 2.24) is 20.1 Å². The summed E-state index contributed by atoms with van der Waals surface area (Å²) < 4.78 is 37.9. The van der Waals surface area contributed by atoms with Gasteiger partial charge in [0.15, 0.2) is 11.5 Å². The Hall–Kier alpha value is -2.53. The van der Waals surface area contributed by atoms with Gasteiger partial charge in [-0.15, -0.1) is 32.9 Å². The summed E-state index contributed by atoms with van der Waals surface area (Å²) in [6.07, 6.45) is -4.51.